The van der Waals surface area contributed by atoms with Crippen LogP contribution >= 0.6 is 0 Å². The average Bonchev–Trinajstić information content (AvgIpc) is 2.68. The molecule has 3 rings (SSSR count). The van der Waals surface area contributed by atoms with E-state index in [9.17, 15) is 4.79 Å². The lowest BCUT2D eigenvalue weighted by Crippen LogP contribution is -2.15. The summed E-state index contributed by atoms with van der Waals surface area (Å²) >= 11 is 0. The normalized spacial score (nSPS) is 10.8. The van der Waals surface area contributed by atoms with E-state index in [0.29, 0.717) is 0 Å². The highest BCUT2D eigenvalue weighted by atomic mass is 16.1. The third-order valence-corrected chi connectivity index (χ3v) is 4.56. The van der Waals surface area contributed by atoms with Crippen molar-refractivity contribution < 1.29 is 4.79 Å². The zero-order chi connectivity index (χ0) is 19.1. The van der Waals surface area contributed by atoms with E-state index in [-0.39, 0.29) is 5.91 Å². The van der Waals surface area contributed by atoms with Gasteiger partial charge in [-0.3, -0.25) is 4.79 Å². The second-order valence-electron chi connectivity index (χ2n) is 7.02. The summed E-state index contributed by atoms with van der Waals surface area (Å²) in [5.74, 6) is -0.0671. The molecule has 3 heteroatoms. The maximum absolute atomic E-state index is 12.8. The second kappa shape index (κ2) is 9.15. The van der Waals surface area contributed by atoms with Crippen molar-refractivity contribution in [2.24, 2.45) is 0 Å². The second-order valence-corrected chi connectivity index (χ2v) is 7.02. The van der Waals surface area contributed by atoms with Crippen LogP contribution < -0.4 is 5.32 Å². The lowest BCUT2D eigenvalue weighted by molar-refractivity contribution is 0.102. The minimum atomic E-state index is -0.0671. The molecule has 1 N–H and O–H groups in total. The van der Waals surface area contributed by atoms with Crippen LogP contribution in [0.15, 0.2) is 78.9 Å². The van der Waals surface area contributed by atoms with Crippen LogP contribution in [0.1, 0.15) is 27.0 Å². The van der Waals surface area contributed by atoms with Crippen LogP contribution in [0.2, 0.25) is 0 Å². The Hall–Kier alpha value is -2.91. The summed E-state index contributed by atoms with van der Waals surface area (Å²) in [6, 6.07) is 26.1. The highest BCUT2D eigenvalue weighted by Crippen LogP contribution is 2.17. The Bertz CT molecular complexity index is 870. The van der Waals surface area contributed by atoms with Crippen LogP contribution in [0.4, 0.5) is 5.69 Å². The Morgan fingerprint density at radius 3 is 2.19 bits per heavy atom. The third kappa shape index (κ3) is 5.53. The molecule has 1 amide bonds. The molecule has 0 saturated carbocycles. The minimum Gasteiger partial charge on any atom is -0.322 e. The van der Waals surface area contributed by atoms with Crippen LogP contribution in [0, 0.1) is 0 Å². The molecular formula is C24H26N2O. The molecule has 0 spiro atoms. The smallest absolute Gasteiger partial charge is 0.255 e. The zero-order valence-corrected chi connectivity index (χ0v) is 16.0. The molecule has 0 heterocycles. The molecule has 0 fully saturated rings. The molecule has 0 radical (unpaired) electrons. The molecule has 0 unspecified atom stereocenters. The van der Waals surface area contributed by atoms with Gasteiger partial charge in [0.15, 0.2) is 0 Å². The molecule has 0 aliphatic carbocycles. The maximum Gasteiger partial charge on any atom is 0.255 e. The highest BCUT2D eigenvalue weighted by molar-refractivity contribution is 6.05. The van der Waals surface area contributed by atoms with Crippen LogP contribution in [-0.2, 0) is 12.8 Å². The summed E-state index contributed by atoms with van der Waals surface area (Å²) in [6.07, 6.45) is 1.75. The van der Waals surface area contributed by atoms with E-state index in [1.54, 1.807) is 0 Å². The lowest BCUT2D eigenvalue weighted by Gasteiger charge is -2.12. The van der Waals surface area contributed by atoms with Gasteiger partial charge in [0.25, 0.3) is 5.91 Å². The van der Waals surface area contributed by atoms with Crippen molar-refractivity contribution in [3.8, 4) is 0 Å². The first kappa shape index (κ1) is 18.9. The van der Waals surface area contributed by atoms with E-state index < -0.39 is 0 Å². The lowest BCUT2D eigenvalue weighted by atomic mass is 9.99. The first-order valence-corrected chi connectivity index (χ1v) is 9.28. The van der Waals surface area contributed by atoms with E-state index in [4.69, 9.17) is 0 Å². The van der Waals surface area contributed by atoms with E-state index >= 15 is 0 Å². The molecule has 3 aromatic carbocycles. The number of rotatable bonds is 7. The standard InChI is InChI=1S/C24H26N2O/c1-26(2)17-16-19-12-14-22(15-13-19)25-24(27)23-11-7-6-10-21(23)18-20-8-4-3-5-9-20/h3-15H,16-18H2,1-2H3,(H,25,27). The summed E-state index contributed by atoms with van der Waals surface area (Å²) in [7, 11) is 4.14. The van der Waals surface area contributed by atoms with Crippen molar-refractivity contribution in [1.29, 1.82) is 0 Å². The molecule has 0 aromatic heterocycles. The molecule has 27 heavy (non-hydrogen) atoms. The van der Waals surface area contributed by atoms with Gasteiger partial charge in [0.1, 0.15) is 0 Å². The molecule has 138 valence electrons. The number of nitrogens with zero attached hydrogens (tertiary/aromatic N) is 1. The summed E-state index contributed by atoms with van der Waals surface area (Å²) in [6.45, 7) is 1.01. The van der Waals surface area contributed by atoms with Crippen LogP contribution in [-0.4, -0.2) is 31.4 Å². The summed E-state index contributed by atoms with van der Waals surface area (Å²) in [4.78, 5) is 15.0. The monoisotopic (exact) mass is 358 g/mol. The Morgan fingerprint density at radius 2 is 1.48 bits per heavy atom. The molecular weight excluding hydrogens is 332 g/mol. The van der Waals surface area contributed by atoms with Gasteiger partial charge in [-0.25, -0.2) is 0 Å². The molecule has 3 nitrogen and oxygen atoms in total. The van der Waals surface area contributed by atoms with Crippen LogP contribution in [0.5, 0.6) is 0 Å². The quantitative estimate of drug-likeness (QED) is 0.668. The summed E-state index contributed by atoms with van der Waals surface area (Å²) in [5.41, 5.74) is 5.04. The van der Waals surface area contributed by atoms with E-state index in [2.05, 4.69) is 48.6 Å². The SMILES string of the molecule is CN(C)CCc1ccc(NC(=O)c2ccccc2Cc2ccccc2)cc1. The number of hydrogen-bond donors (Lipinski definition) is 1. The number of carbonyl (C=O) groups is 1. The van der Waals surface area contributed by atoms with Crippen molar-refractivity contribution in [3.05, 3.63) is 101 Å². The number of likely N-dealkylation sites (N-methyl/N-ethyl adjacent to an activating group) is 1. The third-order valence-electron chi connectivity index (χ3n) is 4.56. The molecule has 0 saturated heterocycles. The van der Waals surface area contributed by atoms with Gasteiger partial charge in [-0.05, 0) is 61.8 Å². The topological polar surface area (TPSA) is 32.3 Å². The molecule has 0 aliphatic rings. The minimum absolute atomic E-state index is 0.0671. The van der Waals surface area contributed by atoms with Crippen molar-refractivity contribution in [3.63, 3.8) is 0 Å². The predicted octanol–water partition coefficient (Wildman–Crippen LogP) is 4.63. The van der Waals surface area contributed by atoms with Gasteiger partial charge in [0.05, 0.1) is 0 Å². The van der Waals surface area contributed by atoms with Crippen molar-refractivity contribution in [2.45, 2.75) is 12.8 Å². The van der Waals surface area contributed by atoms with Gasteiger partial charge >= 0.3 is 0 Å². The van der Waals surface area contributed by atoms with Gasteiger partial charge in [-0.1, -0.05) is 60.7 Å². The fourth-order valence-corrected chi connectivity index (χ4v) is 3.02. The number of nitrogens with one attached hydrogen (secondary N) is 1. The van der Waals surface area contributed by atoms with Gasteiger partial charge < -0.3 is 10.2 Å². The van der Waals surface area contributed by atoms with Crippen molar-refractivity contribution in [1.82, 2.24) is 4.90 Å². The number of hydrogen-bond acceptors (Lipinski definition) is 2. The summed E-state index contributed by atoms with van der Waals surface area (Å²) < 4.78 is 0. The number of anilines is 1. The predicted molar refractivity (Wildman–Crippen MR) is 112 cm³/mol. The number of benzene rings is 3. The fraction of sp³-hybridized carbons (Fsp3) is 0.208. The summed E-state index contributed by atoms with van der Waals surface area (Å²) in [5, 5.41) is 3.03. The van der Waals surface area contributed by atoms with Gasteiger partial charge in [-0.2, -0.15) is 0 Å². The van der Waals surface area contributed by atoms with Crippen molar-refractivity contribution in [2.75, 3.05) is 26.0 Å². The van der Waals surface area contributed by atoms with Gasteiger partial charge in [-0.15, -0.1) is 0 Å². The zero-order valence-electron chi connectivity index (χ0n) is 16.0. The largest absolute Gasteiger partial charge is 0.322 e. The Labute approximate surface area is 161 Å². The van der Waals surface area contributed by atoms with E-state index in [1.165, 1.54) is 11.1 Å². The average molecular weight is 358 g/mol. The Kier molecular flexibility index (Phi) is 6.39. The van der Waals surface area contributed by atoms with Gasteiger partial charge in [0.2, 0.25) is 0 Å². The van der Waals surface area contributed by atoms with E-state index in [0.717, 1.165) is 36.2 Å². The van der Waals surface area contributed by atoms with Crippen LogP contribution in [0.3, 0.4) is 0 Å². The first-order valence-electron chi connectivity index (χ1n) is 9.28. The maximum atomic E-state index is 12.8. The molecule has 3 aromatic rings. The van der Waals surface area contributed by atoms with Crippen LogP contribution in [0.25, 0.3) is 0 Å². The van der Waals surface area contributed by atoms with Gasteiger partial charge in [0, 0.05) is 17.8 Å². The molecule has 0 atom stereocenters. The highest BCUT2D eigenvalue weighted by Gasteiger charge is 2.11. The molecule has 0 aliphatic heterocycles. The number of amides is 1. The fourth-order valence-electron chi connectivity index (χ4n) is 3.02. The first-order chi connectivity index (χ1) is 13.1. The Balaban J connectivity index is 1.69. The number of carbonyl (C=O) groups excluding carboxylic acids is 1. The Morgan fingerprint density at radius 1 is 0.815 bits per heavy atom. The molecule has 0 bridgehead atoms. The van der Waals surface area contributed by atoms with E-state index in [1.807, 2.05) is 54.6 Å². The van der Waals surface area contributed by atoms with Crippen molar-refractivity contribution >= 4 is 11.6 Å².